The highest BCUT2D eigenvalue weighted by atomic mass is 35.5. The number of amides is 1. The van der Waals surface area contributed by atoms with Crippen LogP contribution in [0.3, 0.4) is 0 Å². The van der Waals surface area contributed by atoms with Crippen LogP contribution >= 0.6 is 23.2 Å². The van der Waals surface area contributed by atoms with Crippen LogP contribution in [0.5, 0.6) is 0 Å². The van der Waals surface area contributed by atoms with E-state index in [1.165, 1.54) is 10.2 Å². The molecule has 0 spiro atoms. The second-order valence-corrected chi connectivity index (χ2v) is 7.55. The predicted octanol–water partition coefficient (Wildman–Crippen LogP) is 4.85. The Morgan fingerprint density at radius 1 is 1.22 bits per heavy atom. The van der Waals surface area contributed by atoms with E-state index in [1.54, 1.807) is 24.5 Å². The van der Waals surface area contributed by atoms with Crippen LogP contribution in [0.25, 0.3) is 0 Å². The quantitative estimate of drug-likeness (QED) is 0.668. The van der Waals surface area contributed by atoms with Gasteiger partial charge in [-0.1, -0.05) is 35.3 Å². The van der Waals surface area contributed by atoms with Crippen molar-refractivity contribution in [2.45, 2.75) is 12.5 Å². The molecule has 1 aromatic heterocycles. The van der Waals surface area contributed by atoms with Gasteiger partial charge in [-0.25, -0.2) is 4.79 Å². The summed E-state index contributed by atoms with van der Waals surface area (Å²) in [5.41, 5.74) is 4.15. The minimum atomic E-state index is -0.297. The summed E-state index contributed by atoms with van der Waals surface area (Å²) in [4.78, 5) is 14.3. The first-order valence-corrected chi connectivity index (χ1v) is 9.34. The van der Waals surface area contributed by atoms with Gasteiger partial charge in [-0.3, -0.25) is 0 Å². The van der Waals surface area contributed by atoms with Gasteiger partial charge in [0.05, 0.1) is 0 Å². The molecule has 2 aromatic carbocycles. The number of fused-ring (bicyclic) bond motifs is 1. The van der Waals surface area contributed by atoms with Crippen LogP contribution < -0.4 is 5.32 Å². The lowest BCUT2D eigenvalue weighted by molar-refractivity contribution is 0.251. The highest BCUT2D eigenvalue weighted by Gasteiger charge is 2.27. The maximum atomic E-state index is 12.1. The summed E-state index contributed by atoms with van der Waals surface area (Å²) in [6.45, 7) is 1.68. The Balaban J connectivity index is 1.60. The van der Waals surface area contributed by atoms with Gasteiger partial charge in [0.25, 0.3) is 0 Å². The SMILES string of the molecule is CN1Cc2c(Cl)cc(Cl)cc2C(c2ccc(NC(=O)n3cccn3)cc2)C1. The first-order valence-electron chi connectivity index (χ1n) is 8.58. The van der Waals surface area contributed by atoms with Gasteiger partial charge < -0.3 is 10.2 Å². The smallest absolute Gasteiger partial charge is 0.306 e. The molecule has 1 aliphatic heterocycles. The molecule has 1 unspecified atom stereocenters. The molecule has 5 nitrogen and oxygen atoms in total. The summed E-state index contributed by atoms with van der Waals surface area (Å²) in [5, 5.41) is 8.11. The number of hydrogen-bond donors (Lipinski definition) is 1. The standard InChI is InChI=1S/C20H18Cl2N4O/c1-25-11-17(16-9-14(21)10-19(22)18(16)12-25)13-3-5-15(6-4-13)24-20(27)26-8-2-7-23-26/h2-10,17H,11-12H2,1H3,(H,24,27). The molecule has 0 radical (unpaired) electrons. The first-order chi connectivity index (χ1) is 13.0. The third kappa shape index (κ3) is 3.72. The van der Waals surface area contributed by atoms with Crippen LogP contribution in [0.15, 0.2) is 54.9 Å². The zero-order chi connectivity index (χ0) is 19.0. The zero-order valence-electron chi connectivity index (χ0n) is 14.7. The van der Waals surface area contributed by atoms with E-state index in [0.29, 0.717) is 15.7 Å². The summed E-state index contributed by atoms with van der Waals surface area (Å²) in [7, 11) is 2.08. The van der Waals surface area contributed by atoms with Gasteiger partial charge in [0.2, 0.25) is 0 Å². The molecule has 1 atom stereocenters. The van der Waals surface area contributed by atoms with Crippen molar-refractivity contribution in [1.29, 1.82) is 0 Å². The fourth-order valence-electron chi connectivity index (χ4n) is 3.50. The van der Waals surface area contributed by atoms with E-state index in [4.69, 9.17) is 23.2 Å². The van der Waals surface area contributed by atoms with Crippen molar-refractivity contribution < 1.29 is 4.79 Å². The highest BCUT2D eigenvalue weighted by molar-refractivity contribution is 6.35. The molecule has 0 saturated heterocycles. The molecule has 0 bridgehead atoms. The Labute approximate surface area is 167 Å². The molecule has 7 heteroatoms. The maximum Gasteiger partial charge on any atom is 0.346 e. The zero-order valence-corrected chi connectivity index (χ0v) is 16.2. The Bertz CT molecular complexity index is 970. The molecule has 0 fully saturated rings. The number of rotatable bonds is 2. The lowest BCUT2D eigenvalue weighted by Gasteiger charge is -2.33. The van der Waals surface area contributed by atoms with Crippen molar-refractivity contribution >= 4 is 34.9 Å². The van der Waals surface area contributed by atoms with E-state index < -0.39 is 0 Å². The van der Waals surface area contributed by atoms with E-state index in [1.807, 2.05) is 30.3 Å². The Morgan fingerprint density at radius 3 is 2.70 bits per heavy atom. The lowest BCUT2D eigenvalue weighted by Crippen LogP contribution is -2.31. The third-order valence-corrected chi connectivity index (χ3v) is 5.32. The molecule has 4 rings (SSSR count). The van der Waals surface area contributed by atoms with Crippen molar-refractivity contribution in [3.8, 4) is 0 Å². The molecular weight excluding hydrogens is 383 g/mol. The van der Waals surface area contributed by atoms with Crippen molar-refractivity contribution in [2.75, 3.05) is 18.9 Å². The highest BCUT2D eigenvalue weighted by Crippen LogP contribution is 2.38. The number of benzene rings is 2. The molecule has 138 valence electrons. The van der Waals surface area contributed by atoms with Crippen molar-refractivity contribution in [3.05, 3.63) is 81.6 Å². The molecule has 1 amide bonds. The average Bonchev–Trinajstić information content (AvgIpc) is 3.17. The second kappa shape index (κ2) is 7.35. The van der Waals surface area contributed by atoms with E-state index >= 15 is 0 Å². The van der Waals surface area contributed by atoms with Crippen LogP contribution in [0, 0.1) is 0 Å². The monoisotopic (exact) mass is 400 g/mol. The summed E-state index contributed by atoms with van der Waals surface area (Å²) in [6, 6.07) is 13.1. The van der Waals surface area contributed by atoms with Gasteiger partial charge in [-0.15, -0.1) is 0 Å². The van der Waals surface area contributed by atoms with E-state index in [9.17, 15) is 4.79 Å². The summed E-state index contributed by atoms with van der Waals surface area (Å²) < 4.78 is 1.25. The molecule has 1 N–H and O–H groups in total. The van der Waals surface area contributed by atoms with Gasteiger partial charge in [0.15, 0.2) is 0 Å². The minimum absolute atomic E-state index is 0.172. The maximum absolute atomic E-state index is 12.1. The number of hydrogen-bond acceptors (Lipinski definition) is 3. The topological polar surface area (TPSA) is 50.2 Å². The molecule has 2 heterocycles. The molecular formula is C20H18Cl2N4O. The summed E-state index contributed by atoms with van der Waals surface area (Å²) >= 11 is 12.7. The number of nitrogens with zero attached hydrogens (tertiary/aromatic N) is 3. The number of carbonyl (C=O) groups excluding carboxylic acids is 1. The van der Waals surface area contributed by atoms with Gasteiger partial charge in [-0.05, 0) is 54.1 Å². The lowest BCUT2D eigenvalue weighted by atomic mass is 9.85. The van der Waals surface area contributed by atoms with E-state index in [0.717, 1.165) is 24.2 Å². The number of nitrogens with one attached hydrogen (secondary N) is 1. The van der Waals surface area contributed by atoms with Gasteiger partial charge in [0, 0.05) is 47.1 Å². The van der Waals surface area contributed by atoms with Crippen molar-refractivity contribution in [2.24, 2.45) is 0 Å². The van der Waals surface area contributed by atoms with Crippen LogP contribution in [-0.4, -0.2) is 34.3 Å². The van der Waals surface area contributed by atoms with Crippen molar-refractivity contribution in [1.82, 2.24) is 14.7 Å². The number of anilines is 1. The first kappa shape index (κ1) is 18.0. The Kier molecular flexibility index (Phi) is 4.91. The third-order valence-electron chi connectivity index (χ3n) is 4.77. The number of carbonyl (C=O) groups is 1. The fourth-order valence-corrected chi connectivity index (χ4v) is 4.07. The Hall–Kier alpha value is -2.34. The van der Waals surface area contributed by atoms with E-state index in [2.05, 4.69) is 22.4 Å². The van der Waals surface area contributed by atoms with Crippen LogP contribution in [0.2, 0.25) is 10.0 Å². The average molecular weight is 401 g/mol. The van der Waals surface area contributed by atoms with Gasteiger partial charge >= 0.3 is 6.03 Å². The molecule has 1 aliphatic rings. The second-order valence-electron chi connectivity index (χ2n) is 6.71. The number of likely N-dealkylation sites (N-methyl/N-ethyl adjacent to an activating group) is 1. The molecule has 0 aliphatic carbocycles. The Morgan fingerprint density at radius 2 is 2.00 bits per heavy atom. The normalized spacial score (nSPS) is 16.8. The summed E-state index contributed by atoms with van der Waals surface area (Å²) in [5.74, 6) is 0.172. The number of aromatic nitrogens is 2. The fraction of sp³-hybridized carbons (Fsp3) is 0.200. The molecule has 27 heavy (non-hydrogen) atoms. The van der Waals surface area contributed by atoms with Crippen molar-refractivity contribution in [3.63, 3.8) is 0 Å². The molecule has 0 saturated carbocycles. The predicted molar refractivity (Wildman–Crippen MR) is 108 cm³/mol. The van der Waals surface area contributed by atoms with E-state index in [-0.39, 0.29) is 11.9 Å². The van der Waals surface area contributed by atoms with Crippen LogP contribution in [0.4, 0.5) is 10.5 Å². The van der Waals surface area contributed by atoms with Gasteiger partial charge in [0.1, 0.15) is 0 Å². The minimum Gasteiger partial charge on any atom is -0.306 e. The summed E-state index contributed by atoms with van der Waals surface area (Å²) in [6.07, 6.45) is 3.17. The van der Waals surface area contributed by atoms with Gasteiger partial charge in [-0.2, -0.15) is 9.78 Å². The number of halogens is 2. The van der Waals surface area contributed by atoms with Crippen LogP contribution in [-0.2, 0) is 6.54 Å². The molecule has 3 aromatic rings. The largest absolute Gasteiger partial charge is 0.346 e. The van der Waals surface area contributed by atoms with Crippen LogP contribution in [0.1, 0.15) is 22.6 Å².